The average Bonchev–Trinajstić information content (AvgIpc) is 2.28. The Kier molecular flexibility index (Phi) is 3.09. The van der Waals surface area contributed by atoms with Crippen LogP contribution in [0.5, 0.6) is 0 Å². The van der Waals surface area contributed by atoms with Crippen molar-refractivity contribution < 1.29 is 9.53 Å². The summed E-state index contributed by atoms with van der Waals surface area (Å²) in [4.78, 5) is 11.9. The second-order valence-corrected chi connectivity index (χ2v) is 6.53. The molecule has 0 amide bonds. The van der Waals surface area contributed by atoms with Crippen LogP contribution < -0.4 is 0 Å². The van der Waals surface area contributed by atoms with Crippen molar-refractivity contribution in [2.75, 3.05) is 6.61 Å². The molecule has 1 saturated carbocycles. The van der Waals surface area contributed by atoms with Crippen molar-refractivity contribution in [1.82, 2.24) is 0 Å². The molecule has 0 unspecified atom stereocenters. The largest absolute Gasteiger partial charge is 0.497 e. The number of carbonyl (C=O) groups is 1. The molecule has 2 aliphatic carbocycles. The second kappa shape index (κ2) is 4.15. The van der Waals surface area contributed by atoms with Gasteiger partial charge in [0.15, 0.2) is 5.78 Å². The van der Waals surface area contributed by atoms with E-state index in [0.29, 0.717) is 17.8 Å². The van der Waals surface area contributed by atoms with Crippen LogP contribution in [0.1, 0.15) is 53.4 Å². The van der Waals surface area contributed by atoms with Gasteiger partial charge in [-0.1, -0.05) is 20.8 Å². The number of ketones is 1. The normalized spacial score (nSPS) is 33.3. The quantitative estimate of drug-likeness (QED) is 0.730. The molecular weight excluding hydrogens is 212 g/mol. The fraction of sp³-hybridized carbons (Fsp3) is 0.800. The smallest absolute Gasteiger partial charge is 0.172 e. The molecule has 0 atom stereocenters. The molecule has 2 heteroatoms. The van der Waals surface area contributed by atoms with Crippen molar-refractivity contribution in [1.29, 1.82) is 0 Å². The van der Waals surface area contributed by atoms with Gasteiger partial charge in [0.25, 0.3) is 0 Å². The zero-order valence-electron chi connectivity index (χ0n) is 11.5. The lowest BCUT2D eigenvalue weighted by molar-refractivity contribution is -0.131. The van der Waals surface area contributed by atoms with Crippen LogP contribution >= 0.6 is 0 Å². The maximum Gasteiger partial charge on any atom is 0.172 e. The zero-order valence-corrected chi connectivity index (χ0v) is 11.5. The Morgan fingerprint density at radius 2 is 1.94 bits per heavy atom. The summed E-state index contributed by atoms with van der Waals surface area (Å²) in [5.74, 6) is 2.00. The molecule has 2 rings (SSSR count). The number of allylic oxidation sites excluding steroid dienone is 2. The number of rotatable bonds is 2. The highest BCUT2D eigenvalue weighted by molar-refractivity contribution is 6.04. The summed E-state index contributed by atoms with van der Waals surface area (Å²) in [7, 11) is 0. The lowest BCUT2D eigenvalue weighted by Crippen LogP contribution is -2.45. The molecule has 2 aliphatic rings. The third kappa shape index (κ3) is 2.02. The molecule has 0 aromatic rings. The van der Waals surface area contributed by atoms with E-state index in [2.05, 4.69) is 20.8 Å². The van der Waals surface area contributed by atoms with Crippen LogP contribution in [0.2, 0.25) is 0 Å². The molecule has 1 spiro atoms. The van der Waals surface area contributed by atoms with Crippen molar-refractivity contribution in [3.8, 4) is 0 Å². The Morgan fingerprint density at radius 1 is 1.35 bits per heavy atom. The number of hydrogen-bond acceptors (Lipinski definition) is 2. The first-order valence-corrected chi connectivity index (χ1v) is 6.79. The number of carbonyl (C=O) groups excluding carboxylic acids is 1. The van der Waals surface area contributed by atoms with E-state index in [4.69, 9.17) is 4.74 Å². The van der Waals surface area contributed by atoms with Gasteiger partial charge in [-0.2, -0.15) is 0 Å². The monoisotopic (exact) mass is 236 g/mol. The van der Waals surface area contributed by atoms with Gasteiger partial charge in [-0.3, -0.25) is 4.79 Å². The van der Waals surface area contributed by atoms with Crippen molar-refractivity contribution in [3.05, 3.63) is 11.8 Å². The van der Waals surface area contributed by atoms with E-state index in [-0.39, 0.29) is 5.41 Å². The van der Waals surface area contributed by atoms with Gasteiger partial charge in [0, 0.05) is 6.08 Å². The third-order valence-electron chi connectivity index (χ3n) is 4.57. The van der Waals surface area contributed by atoms with Crippen molar-refractivity contribution in [2.45, 2.75) is 53.4 Å². The lowest BCUT2D eigenvalue weighted by atomic mass is 9.58. The first kappa shape index (κ1) is 12.7. The minimum atomic E-state index is -0.224. The second-order valence-electron chi connectivity index (χ2n) is 6.53. The summed E-state index contributed by atoms with van der Waals surface area (Å²) in [5.41, 5.74) is 0.141. The minimum Gasteiger partial charge on any atom is -0.497 e. The third-order valence-corrected chi connectivity index (χ3v) is 4.57. The number of ether oxygens (including phenoxy) is 1. The molecule has 0 N–H and O–H groups in total. The van der Waals surface area contributed by atoms with E-state index in [1.807, 2.05) is 6.92 Å². The van der Waals surface area contributed by atoms with Gasteiger partial charge in [0.2, 0.25) is 0 Å². The van der Waals surface area contributed by atoms with Crippen LogP contribution in [0.15, 0.2) is 11.8 Å². The van der Waals surface area contributed by atoms with Crippen molar-refractivity contribution in [3.63, 3.8) is 0 Å². The zero-order chi connectivity index (χ0) is 12.7. The van der Waals surface area contributed by atoms with E-state index in [1.165, 1.54) is 0 Å². The van der Waals surface area contributed by atoms with E-state index >= 15 is 0 Å². The number of hydrogen-bond donors (Lipinski definition) is 0. The van der Waals surface area contributed by atoms with Crippen LogP contribution in [0, 0.1) is 16.7 Å². The minimum absolute atomic E-state index is 0.224. The fourth-order valence-corrected chi connectivity index (χ4v) is 3.24. The Labute approximate surface area is 104 Å². The van der Waals surface area contributed by atoms with Crippen LogP contribution in [-0.2, 0) is 9.53 Å². The first-order chi connectivity index (χ1) is 7.90. The van der Waals surface area contributed by atoms with E-state index in [9.17, 15) is 4.79 Å². The molecule has 17 heavy (non-hydrogen) atoms. The Morgan fingerprint density at radius 3 is 2.35 bits per heavy atom. The predicted molar refractivity (Wildman–Crippen MR) is 68.6 cm³/mol. The first-order valence-electron chi connectivity index (χ1n) is 6.79. The topological polar surface area (TPSA) is 26.3 Å². The Bertz CT molecular complexity index is 338. The molecule has 96 valence electrons. The molecule has 0 aromatic carbocycles. The van der Waals surface area contributed by atoms with E-state index in [0.717, 1.165) is 37.4 Å². The summed E-state index contributed by atoms with van der Waals surface area (Å²) in [6.07, 6.45) is 5.97. The molecule has 1 fully saturated rings. The molecule has 0 bridgehead atoms. The van der Waals surface area contributed by atoms with Gasteiger partial charge < -0.3 is 4.74 Å². The van der Waals surface area contributed by atoms with E-state index < -0.39 is 0 Å². The maximum absolute atomic E-state index is 11.9. The van der Waals surface area contributed by atoms with Crippen molar-refractivity contribution in [2.24, 2.45) is 16.7 Å². The maximum atomic E-state index is 11.9. The molecule has 0 radical (unpaired) electrons. The lowest BCUT2D eigenvalue weighted by Gasteiger charge is -2.46. The van der Waals surface area contributed by atoms with Gasteiger partial charge in [0.05, 0.1) is 12.0 Å². The molecule has 0 aliphatic heterocycles. The highest BCUT2D eigenvalue weighted by Crippen LogP contribution is 2.53. The highest BCUT2D eigenvalue weighted by Gasteiger charge is 2.52. The molecule has 0 heterocycles. The molecular formula is C15H24O2. The van der Waals surface area contributed by atoms with Gasteiger partial charge in [-0.05, 0) is 43.9 Å². The summed E-state index contributed by atoms with van der Waals surface area (Å²) in [5, 5.41) is 0. The van der Waals surface area contributed by atoms with Gasteiger partial charge >= 0.3 is 0 Å². The van der Waals surface area contributed by atoms with Crippen LogP contribution in [0.3, 0.4) is 0 Å². The predicted octanol–water partition coefficient (Wildman–Crippen LogP) is 3.71. The van der Waals surface area contributed by atoms with Gasteiger partial charge in [-0.15, -0.1) is 0 Å². The standard InChI is InChI=1S/C15H24O2/c1-5-17-13-10-12(16)15(13)8-6-11(7-9-15)14(2,3)4/h10-11H,5-9H2,1-4H3. The van der Waals surface area contributed by atoms with Crippen LogP contribution in [0.25, 0.3) is 0 Å². The summed E-state index contributed by atoms with van der Waals surface area (Å²) in [6.45, 7) is 9.56. The van der Waals surface area contributed by atoms with Crippen LogP contribution in [0.4, 0.5) is 0 Å². The molecule has 2 nitrogen and oxygen atoms in total. The van der Waals surface area contributed by atoms with Crippen LogP contribution in [-0.4, -0.2) is 12.4 Å². The SMILES string of the molecule is CCOC1=CC(=O)C12CCC(C(C)(C)C)CC2. The fourth-order valence-electron chi connectivity index (χ4n) is 3.24. The summed E-state index contributed by atoms with van der Waals surface area (Å²) >= 11 is 0. The summed E-state index contributed by atoms with van der Waals surface area (Å²) in [6, 6.07) is 0. The van der Waals surface area contributed by atoms with Crippen molar-refractivity contribution >= 4 is 5.78 Å². The van der Waals surface area contributed by atoms with Gasteiger partial charge in [-0.25, -0.2) is 0 Å². The van der Waals surface area contributed by atoms with Gasteiger partial charge in [0.1, 0.15) is 5.76 Å². The van der Waals surface area contributed by atoms with E-state index in [1.54, 1.807) is 6.08 Å². The highest BCUT2D eigenvalue weighted by atomic mass is 16.5. The Balaban J connectivity index is 2.04. The summed E-state index contributed by atoms with van der Waals surface area (Å²) < 4.78 is 5.60. The average molecular weight is 236 g/mol. The molecule has 0 saturated heterocycles. The molecule has 0 aromatic heterocycles. The Hall–Kier alpha value is -0.790.